The maximum Gasteiger partial charge on any atom is 0.325 e. The number of amides is 3. The molecular weight excluding hydrogens is 352 g/mol. The molecule has 6 nitrogen and oxygen atoms in total. The summed E-state index contributed by atoms with van der Waals surface area (Å²) in [6.07, 6.45) is 0.133. The number of benzene rings is 2. The summed E-state index contributed by atoms with van der Waals surface area (Å²) in [7, 11) is 1.52. The van der Waals surface area contributed by atoms with Crippen molar-refractivity contribution >= 4 is 11.9 Å². The minimum atomic E-state index is -0.310. The third-order valence-corrected chi connectivity index (χ3v) is 5.72. The Labute approximate surface area is 165 Å². The van der Waals surface area contributed by atoms with Crippen LogP contribution in [-0.4, -0.2) is 66.0 Å². The molecule has 0 radical (unpaired) electrons. The summed E-state index contributed by atoms with van der Waals surface area (Å²) in [5, 5.41) is 2.95. The first-order valence-electron chi connectivity index (χ1n) is 9.78. The predicted molar refractivity (Wildman–Crippen MR) is 108 cm³/mol. The molecule has 1 N–H and O–H groups in total. The molecule has 1 unspecified atom stereocenters. The molecule has 2 aromatic carbocycles. The SMILES string of the molecule is CN1C(=O)CC(N2CCN(C(c3ccccc3)c3ccccc3)CC2)NC1=O. The fourth-order valence-corrected chi connectivity index (χ4v) is 4.12. The molecule has 0 bridgehead atoms. The van der Waals surface area contributed by atoms with Gasteiger partial charge < -0.3 is 5.32 Å². The van der Waals surface area contributed by atoms with Gasteiger partial charge in [0.25, 0.3) is 0 Å². The molecule has 0 spiro atoms. The Morgan fingerprint density at radius 2 is 1.39 bits per heavy atom. The van der Waals surface area contributed by atoms with Gasteiger partial charge in [0.1, 0.15) is 0 Å². The normalized spacial score (nSPS) is 21.8. The van der Waals surface area contributed by atoms with Crippen LogP contribution in [0.4, 0.5) is 4.79 Å². The fourth-order valence-electron chi connectivity index (χ4n) is 4.12. The summed E-state index contributed by atoms with van der Waals surface area (Å²) in [4.78, 5) is 29.8. The summed E-state index contributed by atoms with van der Waals surface area (Å²) in [6.45, 7) is 3.39. The van der Waals surface area contributed by atoms with E-state index in [1.54, 1.807) is 0 Å². The average Bonchev–Trinajstić information content (AvgIpc) is 2.74. The number of nitrogens with one attached hydrogen (secondary N) is 1. The quantitative estimate of drug-likeness (QED) is 0.887. The summed E-state index contributed by atoms with van der Waals surface area (Å²) in [6, 6.07) is 21.0. The van der Waals surface area contributed by atoms with Crippen molar-refractivity contribution in [3.05, 3.63) is 71.8 Å². The van der Waals surface area contributed by atoms with Crippen molar-refractivity contribution in [3.63, 3.8) is 0 Å². The van der Waals surface area contributed by atoms with Gasteiger partial charge in [0.15, 0.2) is 0 Å². The molecule has 2 fully saturated rings. The van der Waals surface area contributed by atoms with Gasteiger partial charge in [-0.3, -0.25) is 19.5 Å². The average molecular weight is 378 g/mol. The zero-order valence-electron chi connectivity index (χ0n) is 16.1. The van der Waals surface area contributed by atoms with Crippen LogP contribution in [0.15, 0.2) is 60.7 Å². The predicted octanol–water partition coefficient (Wildman–Crippen LogP) is 2.29. The van der Waals surface area contributed by atoms with Crippen LogP contribution in [0.5, 0.6) is 0 Å². The lowest BCUT2D eigenvalue weighted by Crippen LogP contribution is -2.62. The lowest BCUT2D eigenvalue weighted by Gasteiger charge is -2.44. The van der Waals surface area contributed by atoms with E-state index in [0.29, 0.717) is 6.42 Å². The Hall–Kier alpha value is -2.70. The number of carbonyl (C=O) groups excluding carboxylic acids is 2. The van der Waals surface area contributed by atoms with Crippen molar-refractivity contribution in [2.45, 2.75) is 18.6 Å². The molecule has 2 aromatic rings. The van der Waals surface area contributed by atoms with E-state index in [9.17, 15) is 9.59 Å². The molecule has 2 saturated heterocycles. The van der Waals surface area contributed by atoms with Crippen molar-refractivity contribution in [2.75, 3.05) is 33.2 Å². The number of hydrogen-bond donors (Lipinski definition) is 1. The van der Waals surface area contributed by atoms with E-state index in [1.807, 2.05) is 12.1 Å². The maximum absolute atomic E-state index is 12.0. The number of nitrogens with zero attached hydrogens (tertiary/aromatic N) is 3. The lowest BCUT2D eigenvalue weighted by atomic mass is 9.96. The smallest absolute Gasteiger partial charge is 0.322 e. The summed E-state index contributed by atoms with van der Waals surface area (Å²) < 4.78 is 0. The van der Waals surface area contributed by atoms with E-state index in [0.717, 1.165) is 31.1 Å². The van der Waals surface area contributed by atoms with E-state index < -0.39 is 0 Å². The van der Waals surface area contributed by atoms with Crippen molar-refractivity contribution in [1.82, 2.24) is 20.0 Å². The van der Waals surface area contributed by atoms with Crippen LogP contribution < -0.4 is 5.32 Å². The molecule has 146 valence electrons. The van der Waals surface area contributed by atoms with Crippen LogP contribution in [0, 0.1) is 0 Å². The molecule has 28 heavy (non-hydrogen) atoms. The largest absolute Gasteiger partial charge is 0.325 e. The number of piperazine rings is 1. The van der Waals surface area contributed by atoms with E-state index in [4.69, 9.17) is 0 Å². The lowest BCUT2D eigenvalue weighted by molar-refractivity contribution is -0.131. The van der Waals surface area contributed by atoms with Crippen molar-refractivity contribution in [2.24, 2.45) is 0 Å². The van der Waals surface area contributed by atoms with E-state index in [-0.39, 0.29) is 24.1 Å². The molecule has 4 rings (SSSR count). The Kier molecular flexibility index (Phi) is 5.41. The molecule has 1 atom stereocenters. The first-order valence-corrected chi connectivity index (χ1v) is 9.78. The Balaban J connectivity index is 1.48. The Morgan fingerprint density at radius 3 is 1.89 bits per heavy atom. The molecule has 2 heterocycles. The zero-order chi connectivity index (χ0) is 19.5. The molecule has 3 amide bonds. The van der Waals surface area contributed by atoms with Crippen LogP contribution in [0.2, 0.25) is 0 Å². The fraction of sp³-hybridized carbons (Fsp3) is 0.364. The monoisotopic (exact) mass is 378 g/mol. The van der Waals surface area contributed by atoms with Gasteiger partial charge in [-0.05, 0) is 11.1 Å². The number of urea groups is 1. The summed E-state index contributed by atoms with van der Waals surface area (Å²) >= 11 is 0. The summed E-state index contributed by atoms with van der Waals surface area (Å²) in [5.41, 5.74) is 2.56. The van der Waals surface area contributed by atoms with Gasteiger partial charge in [0.2, 0.25) is 5.91 Å². The molecule has 0 aliphatic carbocycles. The molecule has 6 heteroatoms. The molecule has 0 aromatic heterocycles. The van der Waals surface area contributed by atoms with E-state index >= 15 is 0 Å². The molecule has 0 saturated carbocycles. The minimum absolute atomic E-state index is 0.123. The van der Waals surface area contributed by atoms with Gasteiger partial charge in [0, 0.05) is 33.2 Å². The van der Waals surface area contributed by atoms with Crippen LogP contribution in [0.1, 0.15) is 23.6 Å². The van der Waals surface area contributed by atoms with Gasteiger partial charge in [-0.15, -0.1) is 0 Å². The molecular formula is C22H26N4O2. The second kappa shape index (κ2) is 8.12. The van der Waals surface area contributed by atoms with Crippen LogP contribution in [0.3, 0.4) is 0 Å². The van der Waals surface area contributed by atoms with Gasteiger partial charge in [-0.2, -0.15) is 0 Å². The van der Waals surface area contributed by atoms with Crippen LogP contribution in [-0.2, 0) is 4.79 Å². The van der Waals surface area contributed by atoms with Crippen molar-refractivity contribution in [3.8, 4) is 0 Å². The highest BCUT2D eigenvalue weighted by Crippen LogP contribution is 2.29. The Bertz CT molecular complexity index is 761. The number of rotatable bonds is 4. The highest BCUT2D eigenvalue weighted by atomic mass is 16.2. The van der Waals surface area contributed by atoms with Gasteiger partial charge in [-0.1, -0.05) is 60.7 Å². The van der Waals surface area contributed by atoms with Crippen molar-refractivity contribution < 1.29 is 9.59 Å². The highest BCUT2D eigenvalue weighted by molar-refractivity contribution is 5.96. The van der Waals surface area contributed by atoms with E-state index in [2.05, 4.69) is 63.6 Å². The minimum Gasteiger partial charge on any atom is -0.322 e. The molecule has 2 aliphatic heterocycles. The second-order valence-corrected chi connectivity index (χ2v) is 7.42. The van der Waals surface area contributed by atoms with Crippen LogP contribution >= 0.6 is 0 Å². The first-order chi connectivity index (χ1) is 13.6. The second-order valence-electron chi connectivity index (χ2n) is 7.42. The number of hydrogen-bond acceptors (Lipinski definition) is 4. The Morgan fingerprint density at radius 1 is 0.857 bits per heavy atom. The van der Waals surface area contributed by atoms with E-state index in [1.165, 1.54) is 18.2 Å². The topological polar surface area (TPSA) is 55.9 Å². The van der Waals surface area contributed by atoms with Gasteiger partial charge >= 0.3 is 6.03 Å². The highest BCUT2D eigenvalue weighted by Gasteiger charge is 2.35. The van der Waals surface area contributed by atoms with Gasteiger partial charge in [0.05, 0.1) is 18.6 Å². The standard InChI is InChI=1S/C22H26N4O2/c1-24-20(27)16-19(23-22(24)28)25-12-14-26(15-13-25)21(17-8-4-2-5-9-17)18-10-6-3-7-11-18/h2-11,19,21H,12-16H2,1H3,(H,23,28). The molecule has 2 aliphatic rings. The third kappa shape index (κ3) is 3.79. The summed E-state index contributed by atoms with van der Waals surface area (Å²) in [5.74, 6) is -0.123. The van der Waals surface area contributed by atoms with Crippen molar-refractivity contribution in [1.29, 1.82) is 0 Å². The zero-order valence-corrected chi connectivity index (χ0v) is 16.1. The third-order valence-electron chi connectivity index (χ3n) is 5.72. The number of imide groups is 1. The maximum atomic E-state index is 12.0. The van der Waals surface area contributed by atoms with Crippen LogP contribution in [0.25, 0.3) is 0 Å². The van der Waals surface area contributed by atoms with Gasteiger partial charge in [-0.25, -0.2) is 4.79 Å². The number of carbonyl (C=O) groups is 2. The first kappa shape index (κ1) is 18.7.